The second kappa shape index (κ2) is 12.0. The molecule has 266 valence electrons. The summed E-state index contributed by atoms with van der Waals surface area (Å²) in [5, 5.41) is 5.10. The summed E-state index contributed by atoms with van der Waals surface area (Å²) in [5.41, 5.74) is 20.0. The third kappa shape index (κ3) is 4.42. The van der Waals surface area contributed by atoms with Crippen LogP contribution in [0.2, 0.25) is 0 Å². The second-order valence-electron chi connectivity index (χ2n) is 16.4. The molecule has 0 saturated heterocycles. The van der Waals surface area contributed by atoms with Crippen molar-refractivity contribution in [3.05, 3.63) is 249 Å². The zero-order valence-electron chi connectivity index (χ0n) is 32.3. The van der Waals surface area contributed by atoms with Gasteiger partial charge in [-0.2, -0.15) is 0 Å². The van der Waals surface area contributed by atoms with E-state index >= 15 is 0 Å². The van der Waals surface area contributed by atoms with Crippen molar-refractivity contribution in [1.29, 1.82) is 0 Å². The van der Waals surface area contributed by atoms with Gasteiger partial charge in [-0.15, -0.1) is 0 Å². The van der Waals surface area contributed by atoms with Crippen molar-refractivity contribution >= 4 is 21.5 Å². The SMILES string of the molecule is Cc1ccc(C2(c3ccc(C)cc3)c3ccccc3-c3cc4cc5c6c(ccc5cc4cc32)-c2ccccc2C6(c2ccc(C)cc2)c2ccc(C)cc2)cc1. The zero-order valence-corrected chi connectivity index (χ0v) is 32.3. The van der Waals surface area contributed by atoms with Gasteiger partial charge in [0.15, 0.2) is 0 Å². The first-order chi connectivity index (χ1) is 27.4. The fraction of sp³-hybridized carbons (Fsp3) is 0.107. The Morgan fingerprint density at radius 1 is 0.286 bits per heavy atom. The van der Waals surface area contributed by atoms with E-state index in [0.29, 0.717) is 0 Å². The Hall–Kier alpha value is -6.50. The number of hydrogen-bond acceptors (Lipinski definition) is 0. The molecule has 0 aliphatic heterocycles. The Labute approximate surface area is 329 Å². The van der Waals surface area contributed by atoms with E-state index in [4.69, 9.17) is 0 Å². The summed E-state index contributed by atoms with van der Waals surface area (Å²) in [6.45, 7) is 8.73. The monoisotopic (exact) mass is 714 g/mol. The van der Waals surface area contributed by atoms with Gasteiger partial charge in [-0.05, 0) is 140 Å². The first-order valence-corrected chi connectivity index (χ1v) is 19.9. The lowest BCUT2D eigenvalue weighted by Gasteiger charge is -2.35. The highest BCUT2D eigenvalue weighted by molar-refractivity contribution is 6.08. The van der Waals surface area contributed by atoms with Gasteiger partial charge in [0.05, 0.1) is 10.8 Å². The predicted octanol–water partition coefficient (Wildman–Crippen LogP) is 14.0. The van der Waals surface area contributed by atoms with Crippen molar-refractivity contribution in [3.63, 3.8) is 0 Å². The molecule has 0 saturated carbocycles. The zero-order chi connectivity index (χ0) is 37.8. The van der Waals surface area contributed by atoms with Crippen molar-refractivity contribution in [2.75, 3.05) is 0 Å². The Kier molecular flexibility index (Phi) is 7.05. The molecular formula is C56H42. The van der Waals surface area contributed by atoms with Gasteiger partial charge in [0.1, 0.15) is 0 Å². The van der Waals surface area contributed by atoms with Crippen molar-refractivity contribution < 1.29 is 0 Å². The van der Waals surface area contributed by atoms with E-state index in [1.165, 1.54) is 111 Å². The van der Waals surface area contributed by atoms with Crippen LogP contribution in [-0.4, -0.2) is 0 Å². The van der Waals surface area contributed by atoms with E-state index in [1.807, 2.05) is 0 Å². The molecule has 0 fully saturated rings. The van der Waals surface area contributed by atoms with Crippen LogP contribution in [0, 0.1) is 27.7 Å². The smallest absolute Gasteiger partial charge is 0.0619 e. The minimum absolute atomic E-state index is 0.442. The van der Waals surface area contributed by atoms with Crippen LogP contribution in [0.15, 0.2) is 182 Å². The fourth-order valence-corrected chi connectivity index (χ4v) is 10.4. The average Bonchev–Trinajstić information content (AvgIpc) is 3.69. The molecule has 0 nitrogen and oxygen atoms in total. The van der Waals surface area contributed by atoms with Gasteiger partial charge in [0.2, 0.25) is 0 Å². The Morgan fingerprint density at radius 2 is 0.714 bits per heavy atom. The highest BCUT2D eigenvalue weighted by Crippen LogP contribution is 2.60. The predicted molar refractivity (Wildman–Crippen MR) is 235 cm³/mol. The van der Waals surface area contributed by atoms with Crippen LogP contribution in [0.25, 0.3) is 43.8 Å². The molecule has 56 heavy (non-hydrogen) atoms. The van der Waals surface area contributed by atoms with E-state index < -0.39 is 10.8 Å². The molecule has 9 aromatic rings. The molecule has 11 rings (SSSR count). The normalized spacial score (nSPS) is 14.4. The highest BCUT2D eigenvalue weighted by atomic mass is 14.5. The van der Waals surface area contributed by atoms with Crippen LogP contribution in [0.4, 0.5) is 0 Å². The minimum atomic E-state index is -0.476. The highest BCUT2D eigenvalue weighted by Gasteiger charge is 2.48. The lowest BCUT2D eigenvalue weighted by atomic mass is 9.66. The summed E-state index contributed by atoms with van der Waals surface area (Å²) in [5.74, 6) is 0. The molecule has 2 aliphatic carbocycles. The first-order valence-electron chi connectivity index (χ1n) is 19.9. The molecule has 0 heteroatoms. The number of rotatable bonds is 4. The maximum absolute atomic E-state index is 2.51. The topological polar surface area (TPSA) is 0 Å². The van der Waals surface area contributed by atoms with Crippen LogP contribution in [0.3, 0.4) is 0 Å². The summed E-state index contributed by atoms with van der Waals surface area (Å²) in [7, 11) is 0. The third-order valence-electron chi connectivity index (χ3n) is 13.1. The van der Waals surface area contributed by atoms with Gasteiger partial charge in [-0.1, -0.05) is 180 Å². The van der Waals surface area contributed by atoms with Gasteiger partial charge in [0.25, 0.3) is 0 Å². The lowest BCUT2D eigenvalue weighted by molar-refractivity contribution is 0.768. The average molecular weight is 715 g/mol. The lowest BCUT2D eigenvalue weighted by Crippen LogP contribution is -2.29. The summed E-state index contributed by atoms with van der Waals surface area (Å²) < 4.78 is 0. The van der Waals surface area contributed by atoms with E-state index in [1.54, 1.807) is 0 Å². The van der Waals surface area contributed by atoms with Gasteiger partial charge in [0, 0.05) is 0 Å². The third-order valence-corrected chi connectivity index (χ3v) is 13.1. The molecule has 0 bridgehead atoms. The molecule has 0 atom stereocenters. The van der Waals surface area contributed by atoms with Gasteiger partial charge in [-0.3, -0.25) is 0 Å². The summed E-state index contributed by atoms with van der Waals surface area (Å²) in [6.07, 6.45) is 0. The quantitative estimate of drug-likeness (QED) is 0.159. The minimum Gasteiger partial charge on any atom is -0.0619 e. The molecular weight excluding hydrogens is 673 g/mol. The van der Waals surface area contributed by atoms with E-state index in [0.717, 1.165) is 0 Å². The van der Waals surface area contributed by atoms with Gasteiger partial charge < -0.3 is 0 Å². The van der Waals surface area contributed by atoms with E-state index in [-0.39, 0.29) is 0 Å². The summed E-state index contributed by atoms with van der Waals surface area (Å²) in [4.78, 5) is 0. The van der Waals surface area contributed by atoms with Gasteiger partial charge in [-0.25, -0.2) is 0 Å². The van der Waals surface area contributed by atoms with Crippen LogP contribution in [0.5, 0.6) is 0 Å². The van der Waals surface area contributed by atoms with E-state index in [2.05, 4.69) is 210 Å². The molecule has 0 radical (unpaired) electrons. The van der Waals surface area contributed by atoms with Crippen LogP contribution in [-0.2, 0) is 10.8 Å². The first kappa shape index (κ1) is 32.9. The Bertz CT molecular complexity index is 2920. The molecule has 0 amide bonds. The van der Waals surface area contributed by atoms with Crippen LogP contribution >= 0.6 is 0 Å². The molecule has 9 aromatic carbocycles. The molecule has 0 unspecified atom stereocenters. The van der Waals surface area contributed by atoms with Crippen molar-refractivity contribution in [1.82, 2.24) is 0 Å². The van der Waals surface area contributed by atoms with Crippen LogP contribution in [0.1, 0.15) is 66.8 Å². The Balaban J connectivity index is 1.24. The van der Waals surface area contributed by atoms with Crippen molar-refractivity contribution in [3.8, 4) is 22.3 Å². The van der Waals surface area contributed by atoms with Crippen LogP contribution < -0.4 is 0 Å². The molecule has 0 heterocycles. The molecule has 0 aromatic heterocycles. The maximum Gasteiger partial charge on any atom is 0.0719 e. The number of benzene rings is 9. The molecule has 2 aliphatic rings. The van der Waals surface area contributed by atoms with E-state index in [9.17, 15) is 0 Å². The van der Waals surface area contributed by atoms with Crippen molar-refractivity contribution in [2.24, 2.45) is 0 Å². The Morgan fingerprint density at radius 3 is 1.23 bits per heavy atom. The summed E-state index contributed by atoms with van der Waals surface area (Å²) >= 11 is 0. The van der Waals surface area contributed by atoms with Crippen molar-refractivity contribution in [2.45, 2.75) is 38.5 Å². The summed E-state index contributed by atoms with van der Waals surface area (Å²) in [6, 6.07) is 70.0. The largest absolute Gasteiger partial charge is 0.0719 e. The fourth-order valence-electron chi connectivity index (χ4n) is 10.4. The van der Waals surface area contributed by atoms with Gasteiger partial charge >= 0.3 is 0 Å². The molecule has 0 spiro atoms. The molecule has 0 N–H and O–H groups in total. The maximum atomic E-state index is 2.51. The number of aryl methyl sites for hydroxylation is 4. The number of hydrogen-bond donors (Lipinski definition) is 0. The standard InChI is InChI=1S/C56H42/c1-35-13-22-42(23-14-35)55(43-24-15-36(2)16-25-43)51-11-7-6-10-47(51)50-33-41-32-49-39(31-40(41)34-53(50)55)21-30-48-46-9-5-8-12-52(46)56(54(48)49,44-26-17-37(3)18-27-44)45-28-19-38(4)20-29-45/h5-34H,1-4H3. The number of fused-ring (bicyclic) bond motifs is 9. The second-order valence-corrected chi connectivity index (χ2v) is 16.4.